The second-order valence-corrected chi connectivity index (χ2v) is 9.82. The number of nitrogens with one attached hydrogen (secondary N) is 1. The Balaban J connectivity index is 1.58. The topological polar surface area (TPSA) is 96.4 Å². The third kappa shape index (κ3) is 4.32. The summed E-state index contributed by atoms with van der Waals surface area (Å²) in [5.41, 5.74) is 3.84. The first-order valence-electron chi connectivity index (χ1n) is 10.2. The predicted octanol–water partition coefficient (Wildman–Crippen LogP) is 4.45. The summed E-state index contributed by atoms with van der Waals surface area (Å²) in [6.07, 6.45) is 5.71. The third-order valence-corrected chi connectivity index (χ3v) is 7.55. The number of nitrogens with zero attached hydrogens (tertiary/aromatic N) is 1. The van der Waals surface area contributed by atoms with Crippen LogP contribution in [0, 0.1) is 6.92 Å². The molecular formula is C24H24N2O4S. The Bertz CT molecular complexity index is 1220. The number of rotatable bonds is 6. The fraction of sp³-hybridized carbons (Fsp3) is 0.250. The van der Waals surface area contributed by atoms with Crippen LogP contribution in [0.2, 0.25) is 0 Å². The third-order valence-electron chi connectivity index (χ3n) is 5.78. The highest BCUT2D eigenvalue weighted by Crippen LogP contribution is 2.34. The highest BCUT2D eigenvalue weighted by atomic mass is 32.2. The Morgan fingerprint density at radius 2 is 1.87 bits per heavy atom. The summed E-state index contributed by atoms with van der Waals surface area (Å²) in [5, 5.41) is 12.6. The largest absolute Gasteiger partial charge is 0.478 e. The number of pyridine rings is 1. The molecule has 3 aromatic rings. The van der Waals surface area contributed by atoms with E-state index in [2.05, 4.69) is 10.3 Å². The van der Waals surface area contributed by atoms with Crippen molar-refractivity contribution in [2.75, 3.05) is 11.9 Å². The van der Waals surface area contributed by atoms with E-state index in [1.807, 2.05) is 13.0 Å². The van der Waals surface area contributed by atoms with Crippen LogP contribution in [0.1, 0.15) is 45.8 Å². The van der Waals surface area contributed by atoms with Crippen molar-refractivity contribution < 1.29 is 18.3 Å². The molecule has 1 aliphatic carbocycles. The van der Waals surface area contributed by atoms with E-state index >= 15 is 0 Å². The second-order valence-electron chi connectivity index (χ2n) is 7.87. The molecule has 160 valence electrons. The standard InChI is InChI=1S/C24H24N2O4S/c1-16-5-7-19(8-6-16)31(29,30)20-9-10-21-17(13-20)3-2-4-18(21)14-26-23-15-25-12-11-22(23)24(27)28/h5-13,15,18,26H,2-4,14H2,1H3,(H,27,28). The average molecular weight is 437 g/mol. The van der Waals surface area contributed by atoms with Crippen LogP contribution in [0.4, 0.5) is 5.69 Å². The van der Waals surface area contributed by atoms with E-state index in [9.17, 15) is 18.3 Å². The molecule has 0 amide bonds. The molecule has 1 unspecified atom stereocenters. The first-order chi connectivity index (χ1) is 14.9. The number of benzene rings is 2. The monoisotopic (exact) mass is 436 g/mol. The van der Waals surface area contributed by atoms with Gasteiger partial charge in [-0.25, -0.2) is 13.2 Å². The second kappa shape index (κ2) is 8.51. The van der Waals surface area contributed by atoms with Crippen molar-refractivity contribution in [2.45, 2.75) is 41.9 Å². The molecule has 0 spiro atoms. The summed E-state index contributed by atoms with van der Waals surface area (Å²) in [7, 11) is -3.57. The van der Waals surface area contributed by atoms with Gasteiger partial charge in [0.15, 0.2) is 0 Å². The molecule has 1 heterocycles. The molecule has 0 bridgehead atoms. The lowest BCUT2D eigenvalue weighted by atomic mass is 9.83. The number of anilines is 1. The fourth-order valence-corrected chi connectivity index (χ4v) is 5.39. The maximum Gasteiger partial charge on any atom is 0.337 e. The van der Waals surface area contributed by atoms with Crippen LogP contribution in [0.25, 0.3) is 0 Å². The summed E-state index contributed by atoms with van der Waals surface area (Å²) in [6.45, 7) is 2.48. The molecule has 7 heteroatoms. The summed E-state index contributed by atoms with van der Waals surface area (Å²) in [5.74, 6) is -0.832. The van der Waals surface area contributed by atoms with Crippen molar-refractivity contribution >= 4 is 21.5 Å². The van der Waals surface area contributed by atoms with Gasteiger partial charge in [-0.1, -0.05) is 23.8 Å². The Morgan fingerprint density at radius 3 is 2.61 bits per heavy atom. The molecule has 2 N–H and O–H groups in total. The minimum absolute atomic E-state index is 0.168. The molecule has 0 saturated carbocycles. The van der Waals surface area contributed by atoms with Gasteiger partial charge in [-0.3, -0.25) is 4.98 Å². The Morgan fingerprint density at radius 1 is 1.13 bits per heavy atom. The summed E-state index contributed by atoms with van der Waals surface area (Å²) in [4.78, 5) is 16.0. The van der Waals surface area contributed by atoms with Gasteiger partial charge in [-0.05, 0) is 67.6 Å². The highest BCUT2D eigenvalue weighted by molar-refractivity contribution is 7.91. The summed E-state index contributed by atoms with van der Waals surface area (Å²) in [6, 6.07) is 13.7. The molecule has 0 radical (unpaired) electrons. The van der Waals surface area contributed by atoms with E-state index in [1.165, 1.54) is 18.5 Å². The number of sulfone groups is 1. The number of hydrogen-bond acceptors (Lipinski definition) is 5. The number of fused-ring (bicyclic) bond motifs is 1. The lowest BCUT2D eigenvalue weighted by Gasteiger charge is -2.27. The van der Waals surface area contributed by atoms with Crippen LogP contribution in [-0.2, 0) is 16.3 Å². The van der Waals surface area contributed by atoms with Gasteiger partial charge in [0.05, 0.1) is 27.2 Å². The van der Waals surface area contributed by atoms with Crippen molar-refractivity contribution in [3.63, 3.8) is 0 Å². The van der Waals surface area contributed by atoms with Gasteiger partial charge in [-0.15, -0.1) is 0 Å². The van der Waals surface area contributed by atoms with Gasteiger partial charge >= 0.3 is 5.97 Å². The van der Waals surface area contributed by atoms with Gasteiger partial charge in [0.1, 0.15) is 0 Å². The lowest BCUT2D eigenvalue weighted by molar-refractivity contribution is 0.0697. The quantitative estimate of drug-likeness (QED) is 0.593. The van der Waals surface area contributed by atoms with E-state index in [1.54, 1.807) is 36.4 Å². The Kier molecular flexibility index (Phi) is 5.78. The molecule has 1 aromatic heterocycles. The van der Waals surface area contributed by atoms with Gasteiger partial charge in [0.25, 0.3) is 0 Å². The fourth-order valence-electron chi connectivity index (χ4n) is 4.08. The number of carboxylic acid groups (broad SMARTS) is 1. The molecule has 0 fully saturated rings. The van der Waals surface area contributed by atoms with Crippen molar-refractivity contribution in [1.29, 1.82) is 0 Å². The Hall–Kier alpha value is -3.19. The van der Waals surface area contributed by atoms with Gasteiger partial charge in [0, 0.05) is 18.7 Å². The van der Waals surface area contributed by atoms with Crippen LogP contribution in [0.5, 0.6) is 0 Å². The average Bonchev–Trinajstić information content (AvgIpc) is 2.77. The maximum atomic E-state index is 13.0. The van der Waals surface area contributed by atoms with Gasteiger partial charge < -0.3 is 10.4 Å². The number of carbonyl (C=O) groups is 1. The van der Waals surface area contributed by atoms with Crippen LogP contribution < -0.4 is 5.32 Å². The van der Waals surface area contributed by atoms with Crippen molar-refractivity contribution in [3.05, 3.63) is 83.2 Å². The van der Waals surface area contributed by atoms with E-state index in [0.717, 1.165) is 36.0 Å². The van der Waals surface area contributed by atoms with Crippen LogP contribution in [-0.4, -0.2) is 31.0 Å². The number of aryl methyl sites for hydroxylation is 2. The maximum absolute atomic E-state index is 13.0. The van der Waals surface area contributed by atoms with E-state index in [0.29, 0.717) is 22.0 Å². The molecular weight excluding hydrogens is 412 g/mol. The normalized spacial score (nSPS) is 15.8. The van der Waals surface area contributed by atoms with Crippen molar-refractivity contribution in [3.8, 4) is 0 Å². The number of aromatic nitrogens is 1. The van der Waals surface area contributed by atoms with Crippen molar-refractivity contribution in [2.24, 2.45) is 0 Å². The molecule has 4 rings (SSSR count). The smallest absolute Gasteiger partial charge is 0.337 e. The number of carboxylic acids is 1. The summed E-state index contributed by atoms with van der Waals surface area (Å²) >= 11 is 0. The molecule has 1 aliphatic rings. The highest BCUT2D eigenvalue weighted by Gasteiger charge is 2.24. The van der Waals surface area contributed by atoms with Gasteiger partial charge in [0.2, 0.25) is 9.84 Å². The zero-order valence-corrected chi connectivity index (χ0v) is 18.0. The number of hydrogen-bond donors (Lipinski definition) is 2. The van der Waals surface area contributed by atoms with E-state index in [-0.39, 0.29) is 11.5 Å². The van der Waals surface area contributed by atoms with E-state index < -0.39 is 15.8 Å². The zero-order chi connectivity index (χ0) is 22.0. The number of aromatic carboxylic acids is 1. The van der Waals surface area contributed by atoms with Crippen molar-refractivity contribution in [1.82, 2.24) is 4.98 Å². The molecule has 2 aromatic carbocycles. The van der Waals surface area contributed by atoms with Gasteiger partial charge in [-0.2, -0.15) is 0 Å². The molecule has 6 nitrogen and oxygen atoms in total. The molecule has 1 atom stereocenters. The van der Waals surface area contributed by atoms with E-state index in [4.69, 9.17) is 0 Å². The minimum atomic E-state index is -3.57. The van der Waals surface area contributed by atoms with Crippen LogP contribution in [0.3, 0.4) is 0 Å². The molecule has 0 saturated heterocycles. The van der Waals surface area contributed by atoms with Crippen LogP contribution >= 0.6 is 0 Å². The van der Waals surface area contributed by atoms with Crippen LogP contribution in [0.15, 0.2) is 70.7 Å². The molecule has 0 aliphatic heterocycles. The zero-order valence-electron chi connectivity index (χ0n) is 17.2. The summed E-state index contributed by atoms with van der Waals surface area (Å²) < 4.78 is 26.1. The molecule has 31 heavy (non-hydrogen) atoms. The Labute approximate surface area is 181 Å². The lowest BCUT2D eigenvalue weighted by Crippen LogP contribution is -2.19. The predicted molar refractivity (Wildman–Crippen MR) is 118 cm³/mol. The first kappa shape index (κ1) is 21.1. The minimum Gasteiger partial charge on any atom is -0.478 e. The SMILES string of the molecule is Cc1ccc(S(=O)(=O)c2ccc3c(c2)CCCC3CNc2cnccc2C(=O)O)cc1. The first-order valence-corrected chi connectivity index (χ1v) is 11.7.